The molecule has 2 aromatic heterocycles. The molecule has 0 saturated carbocycles. The highest BCUT2D eigenvalue weighted by molar-refractivity contribution is 5.94. The first-order chi connectivity index (χ1) is 17.6. The van der Waals surface area contributed by atoms with Gasteiger partial charge in [-0.25, -0.2) is 14.8 Å². The highest BCUT2D eigenvalue weighted by Gasteiger charge is 2.13. The van der Waals surface area contributed by atoms with Crippen LogP contribution in [0.1, 0.15) is 20.7 Å². The minimum Gasteiger partial charge on any atom is -0.478 e. The summed E-state index contributed by atoms with van der Waals surface area (Å²) < 4.78 is 7.23. The average molecular weight is 487 g/mol. The maximum absolute atomic E-state index is 12.5. The normalized spacial score (nSPS) is 14.0. The van der Waals surface area contributed by atoms with Gasteiger partial charge in [0.1, 0.15) is 0 Å². The Hall–Kier alpha value is -4.28. The van der Waals surface area contributed by atoms with Gasteiger partial charge in [0, 0.05) is 55.4 Å². The van der Waals surface area contributed by atoms with E-state index in [-0.39, 0.29) is 11.5 Å². The fourth-order valence-electron chi connectivity index (χ4n) is 4.10. The van der Waals surface area contributed by atoms with Gasteiger partial charge in [-0.05, 0) is 36.4 Å². The van der Waals surface area contributed by atoms with Gasteiger partial charge in [-0.1, -0.05) is 12.1 Å². The van der Waals surface area contributed by atoms with Gasteiger partial charge in [-0.15, -0.1) is 0 Å². The van der Waals surface area contributed by atoms with E-state index in [2.05, 4.69) is 25.5 Å². The number of anilines is 2. The Bertz CT molecular complexity index is 1360. The van der Waals surface area contributed by atoms with Crippen LogP contribution in [0.3, 0.4) is 0 Å². The lowest BCUT2D eigenvalue weighted by Crippen LogP contribution is -2.41. The number of carboxylic acids is 1. The van der Waals surface area contributed by atoms with Crippen molar-refractivity contribution in [2.24, 2.45) is 0 Å². The molecule has 1 aliphatic heterocycles. The van der Waals surface area contributed by atoms with E-state index in [4.69, 9.17) is 9.84 Å². The summed E-state index contributed by atoms with van der Waals surface area (Å²) in [5.74, 6) is -0.515. The number of carbonyl (C=O) groups is 2. The van der Waals surface area contributed by atoms with Gasteiger partial charge >= 0.3 is 5.97 Å². The average Bonchev–Trinajstić information content (AvgIpc) is 3.41. The Morgan fingerprint density at radius 3 is 2.42 bits per heavy atom. The minimum atomic E-state index is -0.969. The second-order valence-corrected chi connectivity index (χ2v) is 8.41. The molecule has 5 rings (SSSR count). The van der Waals surface area contributed by atoms with Gasteiger partial charge < -0.3 is 20.5 Å². The van der Waals surface area contributed by atoms with Gasteiger partial charge in [-0.3, -0.25) is 14.1 Å². The zero-order chi connectivity index (χ0) is 24.9. The molecule has 1 amide bonds. The van der Waals surface area contributed by atoms with Crippen molar-refractivity contribution in [2.75, 3.05) is 44.7 Å². The molecule has 2 aromatic carbocycles. The van der Waals surface area contributed by atoms with Crippen molar-refractivity contribution in [3.05, 3.63) is 78.2 Å². The molecular weight excluding hydrogens is 460 g/mol. The second kappa shape index (κ2) is 10.5. The van der Waals surface area contributed by atoms with Crippen LogP contribution in [0.4, 0.5) is 11.5 Å². The van der Waals surface area contributed by atoms with Crippen LogP contribution in [-0.2, 0) is 4.74 Å². The Morgan fingerprint density at radius 2 is 1.69 bits per heavy atom. The molecule has 1 saturated heterocycles. The number of carboxylic acid groups (broad SMARTS) is 1. The second-order valence-electron chi connectivity index (χ2n) is 8.41. The molecule has 3 N–H and O–H groups in total. The fourth-order valence-corrected chi connectivity index (χ4v) is 4.10. The summed E-state index contributed by atoms with van der Waals surface area (Å²) in [5, 5.41) is 15.4. The van der Waals surface area contributed by atoms with Crippen molar-refractivity contribution in [2.45, 2.75) is 0 Å². The number of nitrogens with one attached hydrogen (secondary N) is 2. The van der Waals surface area contributed by atoms with E-state index in [1.54, 1.807) is 48.8 Å². The number of aromatic nitrogens is 3. The van der Waals surface area contributed by atoms with Crippen LogP contribution in [0, 0.1) is 0 Å². The van der Waals surface area contributed by atoms with Crippen LogP contribution in [0.2, 0.25) is 0 Å². The number of benzene rings is 2. The van der Waals surface area contributed by atoms with Crippen molar-refractivity contribution in [1.29, 1.82) is 0 Å². The number of carbonyl (C=O) groups excluding carboxylic acids is 1. The lowest BCUT2D eigenvalue weighted by molar-refractivity contribution is 0.0383. The van der Waals surface area contributed by atoms with E-state index in [1.165, 1.54) is 0 Å². The lowest BCUT2D eigenvalue weighted by Gasteiger charge is -2.26. The van der Waals surface area contributed by atoms with Gasteiger partial charge in [0.05, 0.1) is 30.7 Å². The van der Waals surface area contributed by atoms with Crippen LogP contribution < -0.4 is 10.6 Å². The standard InChI is InChI=1S/C26H26N6O4/c33-25(28-9-11-31-13-15-36-16-14-31)19-5-7-21(8-6-19)30-23-24-27-10-12-32(24)22(17-29-23)18-1-3-20(4-2-18)26(34)35/h1-8,10,12,17H,9,11,13-16H2,(H,28,33)(H,29,30)(H,34,35). The van der Waals surface area contributed by atoms with E-state index in [0.29, 0.717) is 23.6 Å². The summed E-state index contributed by atoms with van der Waals surface area (Å²) >= 11 is 0. The zero-order valence-electron chi connectivity index (χ0n) is 19.6. The Kier molecular flexibility index (Phi) is 6.87. The van der Waals surface area contributed by atoms with Crippen molar-refractivity contribution < 1.29 is 19.4 Å². The first-order valence-electron chi connectivity index (χ1n) is 11.7. The van der Waals surface area contributed by atoms with Crippen LogP contribution in [0.25, 0.3) is 16.9 Å². The zero-order valence-corrected chi connectivity index (χ0v) is 19.6. The van der Waals surface area contributed by atoms with Crippen LogP contribution in [0.15, 0.2) is 67.1 Å². The number of rotatable bonds is 8. The Labute approximate surface area is 207 Å². The maximum atomic E-state index is 12.5. The van der Waals surface area contributed by atoms with Crippen LogP contribution >= 0.6 is 0 Å². The molecule has 1 aliphatic rings. The third kappa shape index (κ3) is 5.19. The molecule has 10 nitrogen and oxygen atoms in total. The predicted molar refractivity (Wildman–Crippen MR) is 135 cm³/mol. The van der Waals surface area contributed by atoms with Gasteiger partial charge in [0.25, 0.3) is 5.91 Å². The number of fused-ring (bicyclic) bond motifs is 1. The smallest absolute Gasteiger partial charge is 0.335 e. The summed E-state index contributed by atoms with van der Waals surface area (Å²) in [6.07, 6.45) is 5.22. The molecule has 184 valence electrons. The Morgan fingerprint density at radius 1 is 0.972 bits per heavy atom. The molecular formula is C26H26N6O4. The molecule has 3 heterocycles. The number of imidazole rings is 1. The molecule has 0 spiro atoms. The predicted octanol–water partition coefficient (Wildman–Crippen LogP) is 2.90. The Balaban J connectivity index is 1.25. The molecule has 10 heteroatoms. The lowest BCUT2D eigenvalue weighted by atomic mass is 10.1. The van der Waals surface area contributed by atoms with Crippen molar-refractivity contribution in [3.63, 3.8) is 0 Å². The summed E-state index contributed by atoms with van der Waals surface area (Å²) in [6.45, 7) is 4.67. The van der Waals surface area contributed by atoms with Gasteiger partial charge in [-0.2, -0.15) is 0 Å². The monoisotopic (exact) mass is 486 g/mol. The third-order valence-electron chi connectivity index (χ3n) is 6.08. The maximum Gasteiger partial charge on any atom is 0.335 e. The molecule has 0 atom stereocenters. The van der Waals surface area contributed by atoms with E-state index in [9.17, 15) is 9.59 Å². The third-order valence-corrected chi connectivity index (χ3v) is 6.08. The number of nitrogens with zero attached hydrogens (tertiary/aromatic N) is 4. The molecule has 36 heavy (non-hydrogen) atoms. The van der Waals surface area contributed by atoms with E-state index in [1.807, 2.05) is 22.7 Å². The first-order valence-corrected chi connectivity index (χ1v) is 11.7. The van der Waals surface area contributed by atoms with Crippen LogP contribution in [-0.4, -0.2) is 75.6 Å². The summed E-state index contributed by atoms with van der Waals surface area (Å²) in [7, 11) is 0. The van der Waals surface area contributed by atoms with E-state index in [0.717, 1.165) is 49.8 Å². The van der Waals surface area contributed by atoms with Crippen molar-refractivity contribution in [3.8, 4) is 11.3 Å². The summed E-state index contributed by atoms with van der Waals surface area (Å²) in [4.78, 5) is 34.9. The molecule has 1 fully saturated rings. The van der Waals surface area contributed by atoms with E-state index >= 15 is 0 Å². The molecule has 0 unspecified atom stereocenters. The fraction of sp³-hybridized carbons (Fsp3) is 0.231. The first kappa shape index (κ1) is 23.5. The summed E-state index contributed by atoms with van der Waals surface area (Å²) in [5.41, 5.74) is 3.82. The number of morpholine rings is 1. The van der Waals surface area contributed by atoms with Crippen molar-refractivity contribution in [1.82, 2.24) is 24.6 Å². The van der Waals surface area contributed by atoms with Crippen molar-refractivity contribution >= 4 is 29.0 Å². The number of hydrogen-bond donors (Lipinski definition) is 3. The summed E-state index contributed by atoms with van der Waals surface area (Å²) in [6, 6.07) is 13.8. The number of ether oxygens (including phenoxy) is 1. The number of hydrogen-bond acceptors (Lipinski definition) is 7. The van der Waals surface area contributed by atoms with E-state index < -0.39 is 5.97 Å². The highest BCUT2D eigenvalue weighted by Crippen LogP contribution is 2.25. The van der Waals surface area contributed by atoms with Crippen LogP contribution in [0.5, 0.6) is 0 Å². The van der Waals surface area contributed by atoms with Gasteiger partial charge in [0.2, 0.25) is 0 Å². The largest absolute Gasteiger partial charge is 0.478 e. The molecule has 0 bridgehead atoms. The molecule has 0 aliphatic carbocycles. The SMILES string of the molecule is O=C(O)c1ccc(-c2cnc(Nc3ccc(C(=O)NCCN4CCOCC4)cc3)c3nccn23)cc1. The molecule has 4 aromatic rings. The van der Waals surface area contributed by atoms with Gasteiger partial charge in [0.15, 0.2) is 11.5 Å². The molecule has 0 radical (unpaired) electrons. The highest BCUT2D eigenvalue weighted by atomic mass is 16.5. The minimum absolute atomic E-state index is 0.109. The number of aromatic carboxylic acids is 1. The topological polar surface area (TPSA) is 121 Å². The quantitative estimate of drug-likeness (QED) is 0.348. The number of amides is 1.